The van der Waals surface area contributed by atoms with Gasteiger partial charge in [-0.15, -0.1) is 0 Å². The summed E-state index contributed by atoms with van der Waals surface area (Å²) in [4.78, 5) is 23.8. The van der Waals surface area contributed by atoms with Gasteiger partial charge in [0.15, 0.2) is 5.69 Å². The van der Waals surface area contributed by atoms with Crippen molar-refractivity contribution in [3.63, 3.8) is 0 Å². The molecule has 33 heavy (non-hydrogen) atoms. The molecular weight excluding hydrogens is 440 g/mol. The molecule has 1 aromatic heterocycles. The summed E-state index contributed by atoms with van der Waals surface area (Å²) in [6, 6.07) is 4.99. The maximum atomic E-state index is 14.2. The van der Waals surface area contributed by atoms with Crippen molar-refractivity contribution in [2.24, 2.45) is 17.8 Å². The van der Waals surface area contributed by atoms with Gasteiger partial charge in [0.25, 0.3) is 0 Å². The van der Waals surface area contributed by atoms with Gasteiger partial charge in [0, 0.05) is 32.1 Å². The smallest absolute Gasteiger partial charge is 0.434 e. The Labute approximate surface area is 188 Å². The SMILES string of the molecule is COC(=O)C[C@@H]1[C@H]2CN(c3nc(N4CC[C@@H]4C)nc(C(F)(F)F)c3-c3ccc(F)cc3)C[C@@H]12. The van der Waals surface area contributed by atoms with Crippen LogP contribution in [0.4, 0.5) is 29.3 Å². The third kappa shape index (κ3) is 3.89. The first-order valence-electron chi connectivity index (χ1n) is 11.0. The summed E-state index contributed by atoms with van der Waals surface area (Å²) in [7, 11) is 1.35. The average Bonchev–Trinajstić information content (AvgIpc) is 3.19. The fraction of sp³-hybridized carbons (Fsp3) is 0.522. The summed E-state index contributed by atoms with van der Waals surface area (Å²) in [5.41, 5.74) is -0.932. The Morgan fingerprint density at radius 2 is 1.82 bits per heavy atom. The second-order valence-corrected chi connectivity index (χ2v) is 9.08. The zero-order chi connectivity index (χ0) is 23.5. The molecule has 2 aromatic rings. The first kappa shape index (κ1) is 21.9. The van der Waals surface area contributed by atoms with Crippen LogP contribution in [0.1, 0.15) is 25.5 Å². The number of fused-ring (bicyclic) bond motifs is 1. The maximum Gasteiger partial charge on any atom is 0.434 e. The van der Waals surface area contributed by atoms with Crippen molar-refractivity contribution in [3.8, 4) is 11.1 Å². The van der Waals surface area contributed by atoms with Gasteiger partial charge in [-0.3, -0.25) is 4.79 Å². The highest BCUT2D eigenvalue weighted by atomic mass is 19.4. The van der Waals surface area contributed by atoms with Crippen molar-refractivity contribution in [2.45, 2.75) is 32.0 Å². The van der Waals surface area contributed by atoms with E-state index in [-0.39, 0.29) is 52.7 Å². The average molecular weight is 464 g/mol. The van der Waals surface area contributed by atoms with Crippen molar-refractivity contribution < 1.29 is 27.1 Å². The number of piperidine rings is 1. The largest absolute Gasteiger partial charge is 0.469 e. The van der Waals surface area contributed by atoms with Crippen LogP contribution in [-0.4, -0.2) is 48.7 Å². The molecule has 0 unspecified atom stereocenters. The Balaban J connectivity index is 1.56. The molecule has 1 saturated carbocycles. The van der Waals surface area contributed by atoms with Gasteiger partial charge >= 0.3 is 12.1 Å². The maximum absolute atomic E-state index is 14.2. The number of alkyl halides is 3. The number of methoxy groups -OCH3 is 1. The molecule has 4 atom stereocenters. The van der Waals surface area contributed by atoms with Gasteiger partial charge in [-0.1, -0.05) is 12.1 Å². The van der Waals surface area contributed by atoms with E-state index in [1.807, 2.05) is 11.8 Å². The van der Waals surface area contributed by atoms with Gasteiger partial charge in [0.05, 0.1) is 12.7 Å². The molecule has 3 fully saturated rings. The van der Waals surface area contributed by atoms with Crippen LogP contribution in [0.15, 0.2) is 24.3 Å². The lowest BCUT2D eigenvalue weighted by Gasteiger charge is -2.39. The molecule has 5 rings (SSSR count). The fourth-order valence-electron chi connectivity index (χ4n) is 5.10. The van der Waals surface area contributed by atoms with E-state index >= 15 is 0 Å². The molecule has 2 saturated heterocycles. The molecule has 0 bridgehead atoms. The summed E-state index contributed by atoms with van der Waals surface area (Å²) >= 11 is 0. The number of nitrogens with zero attached hydrogens (tertiary/aromatic N) is 4. The Bertz CT molecular complexity index is 1060. The van der Waals surface area contributed by atoms with E-state index < -0.39 is 17.7 Å². The summed E-state index contributed by atoms with van der Waals surface area (Å²) in [6.45, 7) is 3.53. The topological polar surface area (TPSA) is 58.6 Å². The van der Waals surface area contributed by atoms with E-state index in [9.17, 15) is 22.4 Å². The number of rotatable bonds is 5. The summed E-state index contributed by atoms with van der Waals surface area (Å²) < 4.78 is 60.9. The normalized spacial score (nSPS) is 26.1. The van der Waals surface area contributed by atoms with Crippen LogP contribution in [0.2, 0.25) is 0 Å². The van der Waals surface area contributed by atoms with Crippen molar-refractivity contribution in [1.82, 2.24) is 9.97 Å². The fourth-order valence-corrected chi connectivity index (χ4v) is 5.10. The highest BCUT2D eigenvalue weighted by Gasteiger charge is 2.57. The van der Waals surface area contributed by atoms with Gasteiger partial charge in [0.2, 0.25) is 5.95 Å². The number of aromatic nitrogens is 2. The number of halogens is 4. The number of hydrogen-bond donors (Lipinski definition) is 0. The number of ether oxygens (including phenoxy) is 1. The van der Waals surface area contributed by atoms with Crippen molar-refractivity contribution in [2.75, 3.05) is 36.5 Å². The third-order valence-electron chi connectivity index (χ3n) is 7.16. The van der Waals surface area contributed by atoms with E-state index in [1.54, 1.807) is 4.90 Å². The van der Waals surface area contributed by atoms with E-state index in [2.05, 4.69) is 9.97 Å². The van der Waals surface area contributed by atoms with Gasteiger partial charge in [0.1, 0.15) is 11.6 Å². The quantitative estimate of drug-likeness (QED) is 0.490. The molecule has 10 heteroatoms. The molecule has 1 aromatic carbocycles. The van der Waals surface area contributed by atoms with Gasteiger partial charge < -0.3 is 14.5 Å². The monoisotopic (exact) mass is 464 g/mol. The molecule has 1 aliphatic carbocycles. The summed E-state index contributed by atoms with van der Waals surface area (Å²) in [5, 5.41) is 0. The second-order valence-electron chi connectivity index (χ2n) is 9.08. The number of hydrogen-bond acceptors (Lipinski definition) is 6. The Hall–Kier alpha value is -2.91. The van der Waals surface area contributed by atoms with E-state index in [1.165, 1.54) is 19.2 Å². The van der Waals surface area contributed by atoms with Crippen molar-refractivity contribution in [1.29, 1.82) is 0 Å². The second kappa shape index (κ2) is 7.85. The minimum Gasteiger partial charge on any atom is -0.469 e. The standard InChI is InChI=1S/C23H24F4N4O2/c1-12-7-8-31(12)22-28-20(23(25,26)27)19(13-3-5-14(24)6-4-13)21(29-22)30-10-16-15(17(16)11-30)9-18(32)33-2/h3-6,12,15-17H,7-11H2,1-2H3/t12-,15-,16-,17+/m0/s1. The Morgan fingerprint density at radius 1 is 1.15 bits per heavy atom. The van der Waals surface area contributed by atoms with Gasteiger partial charge in [-0.2, -0.15) is 18.2 Å². The van der Waals surface area contributed by atoms with Crippen LogP contribution in [0, 0.1) is 23.6 Å². The van der Waals surface area contributed by atoms with Crippen LogP contribution in [0.5, 0.6) is 0 Å². The van der Waals surface area contributed by atoms with Crippen LogP contribution < -0.4 is 9.80 Å². The first-order chi connectivity index (χ1) is 15.7. The van der Waals surface area contributed by atoms with Crippen LogP contribution >= 0.6 is 0 Å². The molecule has 2 aliphatic heterocycles. The number of benzene rings is 1. The predicted molar refractivity (Wildman–Crippen MR) is 113 cm³/mol. The van der Waals surface area contributed by atoms with Crippen LogP contribution in [0.25, 0.3) is 11.1 Å². The summed E-state index contributed by atoms with van der Waals surface area (Å²) in [6.07, 6.45) is -3.53. The van der Waals surface area contributed by atoms with Crippen LogP contribution in [-0.2, 0) is 15.7 Å². The zero-order valence-corrected chi connectivity index (χ0v) is 18.3. The number of carbonyl (C=O) groups is 1. The predicted octanol–water partition coefficient (Wildman–Crippen LogP) is 4.15. The van der Waals surface area contributed by atoms with Crippen LogP contribution in [0.3, 0.4) is 0 Å². The molecule has 176 valence electrons. The first-order valence-corrected chi connectivity index (χ1v) is 11.0. The molecule has 0 spiro atoms. The zero-order valence-electron chi connectivity index (χ0n) is 18.3. The highest BCUT2D eigenvalue weighted by molar-refractivity contribution is 5.80. The molecule has 0 amide bonds. The molecule has 0 N–H and O–H groups in total. The van der Waals surface area contributed by atoms with Crippen molar-refractivity contribution >= 4 is 17.7 Å². The van der Waals surface area contributed by atoms with E-state index in [0.717, 1.165) is 18.6 Å². The number of esters is 1. The lowest BCUT2D eigenvalue weighted by atomic mass is 10.0. The molecule has 6 nitrogen and oxygen atoms in total. The lowest BCUT2D eigenvalue weighted by molar-refractivity contribution is -0.141. The number of carbonyl (C=O) groups excluding carboxylic acids is 1. The van der Waals surface area contributed by atoms with E-state index in [0.29, 0.717) is 26.1 Å². The highest BCUT2D eigenvalue weighted by Crippen LogP contribution is 2.55. The molecule has 0 radical (unpaired) electrons. The van der Waals surface area contributed by atoms with E-state index in [4.69, 9.17) is 4.74 Å². The third-order valence-corrected chi connectivity index (χ3v) is 7.16. The summed E-state index contributed by atoms with van der Waals surface area (Å²) in [5.74, 6) is 0.0661. The van der Waals surface area contributed by atoms with Crippen molar-refractivity contribution in [3.05, 3.63) is 35.8 Å². The van der Waals surface area contributed by atoms with Gasteiger partial charge in [-0.05, 0) is 48.8 Å². The molecule has 3 aliphatic rings. The minimum absolute atomic E-state index is 0.0621. The molecular formula is C23H24F4N4O2. The Kier molecular flexibility index (Phi) is 5.21. The lowest BCUT2D eigenvalue weighted by Crippen LogP contribution is -2.47. The Morgan fingerprint density at radius 3 is 2.33 bits per heavy atom. The molecule has 3 heterocycles. The minimum atomic E-state index is -4.71. The van der Waals surface area contributed by atoms with Gasteiger partial charge in [-0.25, -0.2) is 9.37 Å². The number of anilines is 2.